The maximum atomic E-state index is 12.7. The molecule has 0 bridgehead atoms. The van der Waals surface area contributed by atoms with Crippen molar-refractivity contribution < 1.29 is 26.7 Å². The molecule has 1 nitrogen and oxygen atoms in total. The lowest BCUT2D eigenvalue weighted by atomic mass is 10.0. The van der Waals surface area contributed by atoms with Crippen LogP contribution in [0, 0.1) is 0 Å². The van der Waals surface area contributed by atoms with E-state index in [-0.39, 0.29) is 12.8 Å². The van der Waals surface area contributed by atoms with Gasteiger partial charge in [-0.15, -0.1) is 0 Å². The van der Waals surface area contributed by atoms with Crippen molar-refractivity contribution >= 4 is 6.04 Å². The summed E-state index contributed by atoms with van der Waals surface area (Å²) in [6, 6.07) is -1.84. The number of hydrogen-bond acceptors (Lipinski definition) is 1. The van der Waals surface area contributed by atoms with Gasteiger partial charge in [0.2, 0.25) is 0 Å². The average Bonchev–Trinajstić information content (AvgIpc) is 2.68. The van der Waals surface area contributed by atoms with Crippen molar-refractivity contribution in [2.24, 2.45) is 0 Å². The molecule has 0 saturated heterocycles. The van der Waals surface area contributed by atoms with Crippen LogP contribution in [0.4, 0.5) is 22.0 Å². The molecule has 0 radical (unpaired) electrons. The van der Waals surface area contributed by atoms with Gasteiger partial charge in [0.1, 0.15) is 0 Å². The Balaban J connectivity index is 3.09. The molecule has 6 heteroatoms. The Morgan fingerprint density at radius 3 is 1.07 bits per heavy atom. The monoisotopic (exact) mass is 442 g/mol. The summed E-state index contributed by atoms with van der Waals surface area (Å²) < 4.78 is 60.8. The Kier molecular flexibility index (Phi) is 19.8. The van der Waals surface area contributed by atoms with Gasteiger partial charge in [0.05, 0.1) is 0 Å². The molecule has 0 aliphatic carbocycles. The second kappa shape index (κ2) is 20.2. The molecule has 1 atom stereocenters. The summed E-state index contributed by atoms with van der Waals surface area (Å²) in [6.45, 7) is 0. The van der Waals surface area contributed by atoms with E-state index < -0.39 is 24.8 Å². The zero-order valence-corrected chi connectivity index (χ0v) is 18.7. The third-order valence-electron chi connectivity index (χ3n) is 5.66. The van der Waals surface area contributed by atoms with Crippen molar-refractivity contribution in [2.45, 2.75) is 147 Å². The highest BCUT2D eigenvalue weighted by atomic mass is 19.4. The Hall–Kier alpha value is -0.680. The minimum atomic E-state index is -4.00. The van der Waals surface area contributed by atoms with E-state index in [9.17, 15) is 26.7 Å². The zero-order valence-electron chi connectivity index (χ0n) is 18.7. The van der Waals surface area contributed by atoms with Gasteiger partial charge in [-0.2, -0.15) is 17.6 Å². The molecule has 0 amide bonds. The molecule has 0 aliphatic rings. The molecule has 0 aromatic heterocycles. The smallest absolute Gasteiger partial charge is 0.258 e. The van der Waals surface area contributed by atoms with E-state index in [4.69, 9.17) is 0 Å². The van der Waals surface area contributed by atoms with Crippen LogP contribution in [0.1, 0.15) is 135 Å². The van der Waals surface area contributed by atoms with Crippen LogP contribution >= 0.6 is 0 Å². The van der Waals surface area contributed by atoms with Crippen LogP contribution in [0.2, 0.25) is 0 Å². The van der Waals surface area contributed by atoms with Crippen LogP contribution in [-0.4, -0.2) is 18.4 Å². The Morgan fingerprint density at radius 2 is 0.800 bits per heavy atom. The van der Waals surface area contributed by atoms with E-state index in [1.165, 1.54) is 64.2 Å². The van der Waals surface area contributed by atoms with Crippen LogP contribution < -0.4 is 0 Å². The number of halogens is 5. The fraction of sp³-hybridized carbons (Fsp3) is 0.958. The van der Waals surface area contributed by atoms with Crippen LogP contribution in [0.3, 0.4) is 0 Å². The molecule has 180 valence electrons. The largest absolute Gasteiger partial charge is 0.389 e. The predicted molar refractivity (Wildman–Crippen MR) is 114 cm³/mol. The highest BCUT2D eigenvalue weighted by molar-refractivity contribution is 5.72. The summed E-state index contributed by atoms with van der Waals surface area (Å²) in [5.41, 5.74) is 0. The molecule has 0 aromatic rings. The summed E-state index contributed by atoms with van der Waals surface area (Å²) in [5, 5.41) is 0. The molecule has 0 saturated carbocycles. The van der Waals surface area contributed by atoms with Gasteiger partial charge in [-0.3, -0.25) is 4.79 Å². The van der Waals surface area contributed by atoms with Crippen molar-refractivity contribution in [3.8, 4) is 0 Å². The lowest BCUT2D eigenvalue weighted by Gasteiger charge is -2.06. The normalized spacial score (nSPS) is 13.0. The SMILES string of the molecule is O=C(F)C(F)CCCCCCCCCCCCCCCCCCCCCC(F)(F)F. The van der Waals surface area contributed by atoms with Gasteiger partial charge >= 0.3 is 12.2 Å². The summed E-state index contributed by atoms with van der Waals surface area (Å²) in [5.74, 6) is 0. The standard InChI is InChI=1S/C24H43F5O/c25-22(23(26)30)20-18-16-14-12-10-8-6-4-2-1-3-5-7-9-11-13-15-17-19-21-24(27,28)29/h22H,1-21H2. The van der Waals surface area contributed by atoms with E-state index in [0.717, 1.165) is 38.5 Å². The van der Waals surface area contributed by atoms with Crippen LogP contribution in [-0.2, 0) is 4.79 Å². The number of hydrogen-bond donors (Lipinski definition) is 0. The van der Waals surface area contributed by atoms with Gasteiger partial charge < -0.3 is 0 Å². The van der Waals surface area contributed by atoms with Gasteiger partial charge in [0.25, 0.3) is 0 Å². The minimum absolute atomic E-state index is 0.0146. The molecular formula is C24H43F5O. The number of carbonyl (C=O) groups is 1. The van der Waals surface area contributed by atoms with Crippen LogP contribution in [0.25, 0.3) is 0 Å². The first-order valence-electron chi connectivity index (χ1n) is 12.2. The summed E-state index contributed by atoms with van der Waals surface area (Å²) in [7, 11) is 0. The second-order valence-corrected chi connectivity index (χ2v) is 8.64. The van der Waals surface area contributed by atoms with Crippen LogP contribution in [0.15, 0.2) is 0 Å². The fourth-order valence-electron chi connectivity index (χ4n) is 3.77. The molecule has 0 aromatic carbocycles. The quantitative estimate of drug-likeness (QED) is 0.0926. The van der Waals surface area contributed by atoms with E-state index >= 15 is 0 Å². The topological polar surface area (TPSA) is 17.1 Å². The van der Waals surface area contributed by atoms with Crippen molar-refractivity contribution in [3.05, 3.63) is 0 Å². The second-order valence-electron chi connectivity index (χ2n) is 8.64. The first-order valence-corrected chi connectivity index (χ1v) is 12.2. The van der Waals surface area contributed by atoms with Crippen molar-refractivity contribution in [1.29, 1.82) is 0 Å². The third-order valence-corrected chi connectivity index (χ3v) is 5.66. The number of unbranched alkanes of at least 4 members (excludes halogenated alkanes) is 18. The number of alkyl halides is 4. The first-order chi connectivity index (χ1) is 14.3. The average molecular weight is 443 g/mol. The predicted octanol–water partition coefficient (Wildman–Crippen LogP) is 9.57. The molecule has 0 spiro atoms. The summed E-state index contributed by atoms with van der Waals surface area (Å²) in [6.07, 6.45) is 13.7. The third kappa shape index (κ3) is 23.6. The number of carbonyl (C=O) groups excluding carboxylic acids is 1. The van der Waals surface area contributed by atoms with E-state index in [1.54, 1.807) is 0 Å². The molecule has 0 rings (SSSR count). The number of rotatable bonds is 22. The van der Waals surface area contributed by atoms with Crippen molar-refractivity contribution in [2.75, 3.05) is 0 Å². The maximum Gasteiger partial charge on any atom is 0.389 e. The highest BCUT2D eigenvalue weighted by Crippen LogP contribution is 2.23. The van der Waals surface area contributed by atoms with Gasteiger partial charge in [0, 0.05) is 6.42 Å². The van der Waals surface area contributed by atoms with Gasteiger partial charge in [-0.1, -0.05) is 109 Å². The highest BCUT2D eigenvalue weighted by Gasteiger charge is 2.25. The molecule has 0 heterocycles. The molecule has 1 unspecified atom stereocenters. The Morgan fingerprint density at radius 1 is 0.533 bits per heavy atom. The zero-order chi connectivity index (χ0) is 22.5. The summed E-state index contributed by atoms with van der Waals surface area (Å²) >= 11 is 0. The van der Waals surface area contributed by atoms with Crippen LogP contribution in [0.5, 0.6) is 0 Å². The lowest BCUT2D eigenvalue weighted by Crippen LogP contribution is -2.09. The Labute approximate surface area is 180 Å². The molecule has 30 heavy (non-hydrogen) atoms. The van der Waals surface area contributed by atoms with E-state index in [1.807, 2.05) is 0 Å². The maximum absolute atomic E-state index is 12.7. The fourth-order valence-corrected chi connectivity index (χ4v) is 3.77. The lowest BCUT2D eigenvalue weighted by molar-refractivity contribution is -0.136. The Bertz CT molecular complexity index is 384. The molecule has 0 N–H and O–H groups in total. The van der Waals surface area contributed by atoms with Crippen molar-refractivity contribution in [1.82, 2.24) is 0 Å². The summed E-state index contributed by atoms with van der Waals surface area (Å²) in [4.78, 5) is 10.1. The van der Waals surface area contributed by atoms with Crippen molar-refractivity contribution in [3.63, 3.8) is 0 Å². The van der Waals surface area contributed by atoms with Gasteiger partial charge in [0.15, 0.2) is 6.17 Å². The molecule has 0 fully saturated rings. The van der Waals surface area contributed by atoms with E-state index in [2.05, 4.69) is 0 Å². The van der Waals surface area contributed by atoms with Gasteiger partial charge in [-0.05, 0) is 19.3 Å². The van der Waals surface area contributed by atoms with E-state index in [0.29, 0.717) is 12.8 Å². The first kappa shape index (κ1) is 29.3. The molecule has 0 aliphatic heterocycles. The van der Waals surface area contributed by atoms with Gasteiger partial charge in [-0.25, -0.2) is 4.39 Å². The molecular weight excluding hydrogens is 399 g/mol. The minimum Gasteiger partial charge on any atom is -0.258 e.